The predicted octanol–water partition coefficient (Wildman–Crippen LogP) is 4.56. The number of benzene rings is 2. The molecule has 0 N–H and O–H groups in total. The van der Waals surface area contributed by atoms with Crippen LogP contribution in [0.1, 0.15) is 47.7 Å². The van der Waals surface area contributed by atoms with Crippen molar-refractivity contribution < 1.29 is 4.79 Å². The maximum Gasteiger partial charge on any atom is 0.167 e. The fourth-order valence-electron chi connectivity index (χ4n) is 2.84. The largest absolute Gasteiger partial charge is 0.294 e. The van der Waals surface area contributed by atoms with Crippen LogP contribution in [0.4, 0.5) is 0 Å². The van der Waals surface area contributed by atoms with Crippen LogP contribution in [0.5, 0.6) is 0 Å². The molecule has 0 heterocycles. The van der Waals surface area contributed by atoms with Crippen LogP contribution in [0.15, 0.2) is 36.9 Å². The zero-order valence-corrected chi connectivity index (χ0v) is 10.8. The monoisotopic (exact) mass is 236 g/mol. The van der Waals surface area contributed by atoms with Gasteiger partial charge >= 0.3 is 0 Å². The molecule has 2 aromatic rings. The third kappa shape index (κ3) is 1.43. The average Bonchev–Trinajstić information content (AvgIpc) is 2.34. The number of carbonyl (C=O) groups is 1. The van der Waals surface area contributed by atoms with E-state index in [2.05, 4.69) is 44.7 Å². The molecule has 0 aromatic heterocycles. The van der Waals surface area contributed by atoms with Crippen LogP contribution in [-0.2, 0) is 0 Å². The molecule has 0 spiro atoms. The molecule has 1 aliphatic carbocycles. The van der Waals surface area contributed by atoms with Crippen molar-refractivity contribution in [1.29, 1.82) is 0 Å². The van der Waals surface area contributed by atoms with Crippen LogP contribution in [0.3, 0.4) is 0 Å². The lowest BCUT2D eigenvalue weighted by Crippen LogP contribution is -2.09. The Morgan fingerprint density at radius 1 is 1.11 bits per heavy atom. The van der Waals surface area contributed by atoms with Gasteiger partial charge in [-0.05, 0) is 28.0 Å². The minimum Gasteiger partial charge on any atom is -0.294 e. The molecule has 0 unspecified atom stereocenters. The van der Waals surface area contributed by atoms with E-state index in [-0.39, 0.29) is 5.78 Å². The number of Topliss-reactive ketones (excluding diaryl/α,β-unsaturated/α-hetero) is 1. The maximum absolute atomic E-state index is 12.1. The van der Waals surface area contributed by atoms with Crippen LogP contribution in [0, 0.1) is 0 Å². The molecule has 2 aromatic carbocycles. The lowest BCUT2D eigenvalue weighted by Gasteiger charge is -2.21. The molecule has 1 aliphatic rings. The number of carbonyl (C=O) groups excluding carboxylic acids is 1. The van der Waals surface area contributed by atoms with E-state index < -0.39 is 0 Å². The molecule has 0 aliphatic heterocycles. The van der Waals surface area contributed by atoms with Gasteiger partial charge in [0.25, 0.3) is 0 Å². The number of allylic oxidation sites excluding steroid dienone is 1. The van der Waals surface area contributed by atoms with E-state index in [4.69, 9.17) is 0 Å². The van der Waals surface area contributed by atoms with Crippen molar-refractivity contribution in [3.8, 4) is 0 Å². The highest BCUT2D eigenvalue weighted by Crippen LogP contribution is 2.38. The van der Waals surface area contributed by atoms with Crippen LogP contribution < -0.4 is 0 Å². The van der Waals surface area contributed by atoms with Gasteiger partial charge in [-0.3, -0.25) is 4.79 Å². The number of hydrogen-bond donors (Lipinski definition) is 0. The summed E-state index contributed by atoms with van der Waals surface area (Å²) in [5.41, 5.74) is 4.25. The molecule has 18 heavy (non-hydrogen) atoms. The summed E-state index contributed by atoms with van der Waals surface area (Å²) in [6.07, 6.45) is 0.452. The number of hydrogen-bond acceptors (Lipinski definition) is 1. The van der Waals surface area contributed by atoms with Gasteiger partial charge in [0, 0.05) is 17.4 Å². The van der Waals surface area contributed by atoms with Gasteiger partial charge in [0.2, 0.25) is 0 Å². The molecule has 0 bridgehead atoms. The van der Waals surface area contributed by atoms with Gasteiger partial charge in [-0.25, -0.2) is 0 Å². The lowest BCUT2D eigenvalue weighted by atomic mass is 9.82. The SMILES string of the molecule is C=C1CC(=O)c2ccc(C(C)C)c3cccc1c23. The molecule has 0 saturated heterocycles. The van der Waals surface area contributed by atoms with Gasteiger partial charge in [-0.2, -0.15) is 0 Å². The van der Waals surface area contributed by atoms with Gasteiger partial charge in [-0.15, -0.1) is 0 Å². The molecule has 0 atom stereocenters. The van der Waals surface area contributed by atoms with E-state index in [0.29, 0.717) is 12.3 Å². The fourth-order valence-corrected chi connectivity index (χ4v) is 2.84. The first kappa shape index (κ1) is 11.2. The van der Waals surface area contributed by atoms with Crippen molar-refractivity contribution in [2.75, 3.05) is 0 Å². The first-order valence-corrected chi connectivity index (χ1v) is 6.36. The smallest absolute Gasteiger partial charge is 0.167 e. The first-order valence-electron chi connectivity index (χ1n) is 6.36. The van der Waals surface area contributed by atoms with Crippen molar-refractivity contribution in [3.05, 3.63) is 53.6 Å². The van der Waals surface area contributed by atoms with E-state index in [1.807, 2.05) is 6.07 Å². The van der Waals surface area contributed by atoms with Crippen LogP contribution in [-0.4, -0.2) is 5.78 Å². The Morgan fingerprint density at radius 2 is 1.89 bits per heavy atom. The Hall–Kier alpha value is -1.89. The van der Waals surface area contributed by atoms with E-state index in [1.54, 1.807) is 0 Å². The number of ketones is 1. The standard InChI is InChI=1S/C17H16O/c1-10(2)12-7-8-15-16(18)9-11(3)13-5-4-6-14(12)17(13)15/h4-8,10H,3,9H2,1-2H3. The van der Waals surface area contributed by atoms with Gasteiger partial charge < -0.3 is 0 Å². The van der Waals surface area contributed by atoms with E-state index in [0.717, 1.165) is 22.1 Å². The van der Waals surface area contributed by atoms with Gasteiger partial charge in [0.1, 0.15) is 0 Å². The fraction of sp³-hybridized carbons (Fsp3) is 0.235. The summed E-state index contributed by atoms with van der Waals surface area (Å²) in [5.74, 6) is 0.651. The Bertz CT molecular complexity index is 657. The Morgan fingerprint density at radius 3 is 2.61 bits per heavy atom. The van der Waals surface area contributed by atoms with Gasteiger partial charge in [0.05, 0.1) is 0 Å². The highest BCUT2D eigenvalue weighted by Gasteiger charge is 2.22. The second-order valence-corrected chi connectivity index (χ2v) is 5.29. The zero-order valence-electron chi connectivity index (χ0n) is 10.8. The van der Waals surface area contributed by atoms with Gasteiger partial charge in [-0.1, -0.05) is 50.8 Å². The summed E-state index contributed by atoms with van der Waals surface area (Å²) in [6, 6.07) is 10.3. The summed E-state index contributed by atoms with van der Waals surface area (Å²) in [4.78, 5) is 12.1. The zero-order chi connectivity index (χ0) is 12.9. The van der Waals surface area contributed by atoms with E-state index >= 15 is 0 Å². The Labute approximate surface area is 107 Å². The third-order valence-electron chi connectivity index (χ3n) is 3.75. The average molecular weight is 236 g/mol. The summed E-state index contributed by atoms with van der Waals surface area (Å²) in [7, 11) is 0. The molecule has 3 rings (SSSR count). The van der Waals surface area contributed by atoms with Gasteiger partial charge in [0.15, 0.2) is 5.78 Å². The van der Waals surface area contributed by atoms with Crippen LogP contribution in [0.25, 0.3) is 16.3 Å². The predicted molar refractivity (Wildman–Crippen MR) is 76.0 cm³/mol. The molecule has 1 nitrogen and oxygen atoms in total. The minimum absolute atomic E-state index is 0.194. The quantitative estimate of drug-likeness (QED) is 0.709. The topological polar surface area (TPSA) is 17.1 Å². The molecule has 0 saturated carbocycles. The highest BCUT2D eigenvalue weighted by atomic mass is 16.1. The minimum atomic E-state index is 0.194. The molecule has 0 radical (unpaired) electrons. The van der Waals surface area contributed by atoms with Crippen molar-refractivity contribution in [3.63, 3.8) is 0 Å². The molecule has 0 amide bonds. The normalized spacial score (nSPS) is 14.6. The molecular weight excluding hydrogens is 220 g/mol. The van der Waals surface area contributed by atoms with E-state index in [1.165, 1.54) is 10.9 Å². The maximum atomic E-state index is 12.1. The second kappa shape index (κ2) is 3.81. The van der Waals surface area contributed by atoms with E-state index in [9.17, 15) is 4.79 Å². The summed E-state index contributed by atoms with van der Waals surface area (Å²) in [6.45, 7) is 8.41. The van der Waals surface area contributed by atoms with Crippen LogP contribution >= 0.6 is 0 Å². The second-order valence-electron chi connectivity index (χ2n) is 5.29. The molecule has 1 heteroatoms. The first-order chi connectivity index (χ1) is 8.59. The molecule has 90 valence electrons. The Kier molecular flexibility index (Phi) is 2.37. The number of rotatable bonds is 1. The lowest BCUT2D eigenvalue weighted by molar-refractivity contribution is 0.0998. The van der Waals surface area contributed by atoms with Crippen molar-refractivity contribution in [1.82, 2.24) is 0 Å². The highest BCUT2D eigenvalue weighted by molar-refractivity contribution is 6.18. The summed E-state index contributed by atoms with van der Waals surface area (Å²) < 4.78 is 0. The third-order valence-corrected chi connectivity index (χ3v) is 3.75. The molecule has 0 fully saturated rings. The van der Waals surface area contributed by atoms with Crippen molar-refractivity contribution >= 4 is 22.1 Å². The summed E-state index contributed by atoms with van der Waals surface area (Å²) >= 11 is 0. The van der Waals surface area contributed by atoms with Crippen molar-refractivity contribution in [2.45, 2.75) is 26.2 Å². The molecular formula is C17H16O. The Balaban J connectivity index is 2.49. The van der Waals surface area contributed by atoms with Crippen LogP contribution in [0.2, 0.25) is 0 Å². The summed E-state index contributed by atoms with van der Waals surface area (Å²) in [5, 5.41) is 2.30. The van der Waals surface area contributed by atoms with Crippen molar-refractivity contribution in [2.24, 2.45) is 0 Å².